The molecule has 3 rings (SSSR count). The zero-order chi connectivity index (χ0) is 16.9. The predicted molar refractivity (Wildman–Crippen MR) is 85.6 cm³/mol. The van der Waals surface area contributed by atoms with Crippen LogP contribution in [0.4, 0.5) is 5.69 Å². The van der Waals surface area contributed by atoms with Gasteiger partial charge in [0.15, 0.2) is 0 Å². The van der Waals surface area contributed by atoms with E-state index in [0.717, 1.165) is 10.2 Å². The first-order valence-corrected chi connectivity index (χ1v) is 7.23. The Morgan fingerprint density at radius 3 is 2.67 bits per heavy atom. The van der Waals surface area contributed by atoms with E-state index in [0.29, 0.717) is 12.2 Å². The van der Waals surface area contributed by atoms with Crippen LogP contribution >= 0.6 is 0 Å². The highest BCUT2D eigenvalue weighted by molar-refractivity contribution is 5.91. The van der Waals surface area contributed by atoms with E-state index in [9.17, 15) is 9.59 Å². The van der Waals surface area contributed by atoms with Crippen molar-refractivity contribution in [2.24, 2.45) is 0 Å². The van der Waals surface area contributed by atoms with Gasteiger partial charge in [-0.2, -0.15) is 10.2 Å². The number of carboxylic acid groups (broad SMARTS) is 1. The second-order valence-corrected chi connectivity index (χ2v) is 5.14. The van der Waals surface area contributed by atoms with Gasteiger partial charge in [0.25, 0.3) is 0 Å². The minimum Gasteiger partial charge on any atom is -0.477 e. The van der Waals surface area contributed by atoms with Crippen molar-refractivity contribution in [3.63, 3.8) is 0 Å². The van der Waals surface area contributed by atoms with Crippen molar-refractivity contribution < 1.29 is 14.7 Å². The fraction of sp³-hybridized carbons (Fsp3) is 0.125. The first-order chi connectivity index (χ1) is 11.6. The molecule has 2 N–H and O–H groups in total. The lowest BCUT2D eigenvalue weighted by Gasteiger charge is -2.05. The summed E-state index contributed by atoms with van der Waals surface area (Å²) in [5.74, 6) is -1.50. The average Bonchev–Trinajstić information content (AvgIpc) is 3.18. The minimum atomic E-state index is -1.13. The Kier molecular flexibility index (Phi) is 4.37. The van der Waals surface area contributed by atoms with E-state index in [1.807, 2.05) is 30.3 Å². The zero-order valence-corrected chi connectivity index (χ0v) is 12.7. The molecule has 0 atom stereocenters. The van der Waals surface area contributed by atoms with Gasteiger partial charge >= 0.3 is 5.97 Å². The fourth-order valence-corrected chi connectivity index (χ4v) is 2.26. The van der Waals surface area contributed by atoms with E-state index in [1.54, 1.807) is 17.1 Å². The molecular formula is C16H15N5O3. The molecule has 24 heavy (non-hydrogen) atoms. The molecular weight excluding hydrogens is 310 g/mol. The minimum absolute atomic E-state index is 0.0371. The van der Waals surface area contributed by atoms with Crippen molar-refractivity contribution in [1.82, 2.24) is 19.6 Å². The van der Waals surface area contributed by atoms with Crippen LogP contribution in [0.5, 0.6) is 0 Å². The van der Waals surface area contributed by atoms with Gasteiger partial charge in [-0.05, 0) is 11.6 Å². The Balaban J connectivity index is 1.61. The van der Waals surface area contributed by atoms with Gasteiger partial charge in [-0.3, -0.25) is 9.48 Å². The third kappa shape index (κ3) is 3.67. The molecule has 8 heteroatoms. The molecule has 0 aliphatic rings. The smallest absolute Gasteiger partial charge is 0.354 e. The van der Waals surface area contributed by atoms with Crippen LogP contribution in [-0.4, -0.2) is 36.5 Å². The molecule has 0 bridgehead atoms. The number of anilines is 1. The first-order valence-electron chi connectivity index (χ1n) is 7.23. The summed E-state index contributed by atoms with van der Waals surface area (Å²) in [5, 5.41) is 19.7. The molecule has 3 aromatic rings. The Bertz CT molecular complexity index is 853. The van der Waals surface area contributed by atoms with Crippen molar-refractivity contribution >= 4 is 17.6 Å². The highest BCUT2D eigenvalue weighted by Gasteiger charge is 2.13. The molecule has 2 aromatic heterocycles. The lowest BCUT2D eigenvalue weighted by atomic mass is 10.2. The Labute approximate surface area is 137 Å². The maximum atomic E-state index is 12.0. The standard InChI is InChI=1S/C16H15N5O3/c22-15(11-21-14(16(23)24)6-7-17-21)19-13-8-18-20(10-13)9-12-4-2-1-3-5-12/h1-8,10H,9,11H2,(H,19,22)(H,23,24). The van der Waals surface area contributed by atoms with Gasteiger partial charge in [0.05, 0.1) is 18.4 Å². The third-order valence-electron chi connectivity index (χ3n) is 3.33. The van der Waals surface area contributed by atoms with Gasteiger partial charge in [-0.25, -0.2) is 9.48 Å². The van der Waals surface area contributed by atoms with Crippen LogP contribution in [0.2, 0.25) is 0 Å². The quantitative estimate of drug-likeness (QED) is 0.714. The molecule has 1 amide bonds. The Morgan fingerprint density at radius 2 is 1.92 bits per heavy atom. The maximum Gasteiger partial charge on any atom is 0.354 e. The first kappa shape index (κ1) is 15.5. The summed E-state index contributed by atoms with van der Waals surface area (Å²) in [5.41, 5.74) is 1.60. The van der Waals surface area contributed by atoms with Gasteiger partial charge < -0.3 is 10.4 Å². The van der Waals surface area contributed by atoms with Crippen LogP contribution in [-0.2, 0) is 17.9 Å². The molecule has 122 valence electrons. The molecule has 0 spiro atoms. The summed E-state index contributed by atoms with van der Waals surface area (Å²) in [7, 11) is 0. The number of hydrogen-bond acceptors (Lipinski definition) is 4. The summed E-state index contributed by atoms with van der Waals surface area (Å²) < 4.78 is 2.84. The number of amides is 1. The summed E-state index contributed by atoms with van der Waals surface area (Å²) in [6, 6.07) is 11.2. The Hall–Kier alpha value is -3.42. The van der Waals surface area contributed by atoms with Gasteiger partial charge in [0, 0.05) is 12.4 Å². The number of rotatable bonds is 6. The number of carbonyl (C=O) groups excluding carboxylic acids is 1. The van der Waals surface area contributed by atoms with Crippen molar-refractivity contribution in [3.05, 3.63) is 66.2 Å². The fourth-order valence-electron chi connectivity index (χ4n) is 2.26. The summed E-state index contributed by atoms with van der Waals surface area (Å²) in [6.07, 6.45) is 4.60. The third-order valence-corrected chi connectivity index (χ3v) is 3.33. The van der Waals surface area contributed by atoms with Crippen molar-refractivity contribution in [3.8, 4) is 0 Å². The van der Waals surface area contributed by atoms with E-state index < -0.39 is 5.97 Å². The number of carboxylic acids is 1. The monoisotopic (exact) mass is 325 g/mol. The van der Waals surface area contributed by atoms with E-state index in [4.69, 9.17) is 5.11 Å². The van der Waals surface area contributed by atoms with Gasteiger partial charge in [0.2, 0.25) is 5.91 Å². The van der Waals surface area contributed by atoms with Crippen LogP contribution < -0.4 is 5.32 Å². The number of aromatic nitrogens is 4. The van der Waals surface area contributed by atoms with Crippen molar-refractivity contribution in [2.75, 3.05) is 5.32 Å². The summed E-state index contributed by atoms with van der Waals surface area (Å²) in [6.45, 7) is 0.414. The van der Waals surface area contributed by atoms with E-state index in [-0.39, 0.29) is 18.1 Å². The second kappa shape index (κ2) is 6.78. The SMILES string of the molecule is O=C(Cn1nccc1C(=O)O)Nc1cnn(Cc2ccccc2)c1. The molecule has 2 heterocycles. The zero-order valence-electron chi connectivity index (χ0n) is 12.7. The number of aromatic carboxylic acids is 1. The van der Waals surface area contributed by atoms with E-state index >= 15 is 0 Å². The van der Waals surface area contributed by atoms with Gasteiger partial charge in [-0.1, -0.05) is 30.3 Å². The van der Waals surface area contributed by atoms with Crippen LogP contribution in [0.15, 0.2) is 55.0 Å². The average molecular weight is 325 g/mol. The molecule has 0 unspecified atom stereocenters. The van der Waals surface area contributed by atoms with Crippen LogP contribution in [0.1, 0.15) is 16.1 Å². The molecule has 0 aliphatic heterocycles. The number of benzene rings is 1. The van der Waals surface area contributed by atoms with Crippen molar-refractivity contribution in [1.29, 1.82) is 0 Å². The van der Waals surface area contributed by atoms with Crippen LogP contribution in [0.25, 0.3) is 0 Å². The molecule has 0 saturated heterocycles. The lowest BCUT2D eigenvalue weighted by molar-refractivity contribution is -0.116. The number of carbonyl (C=O) groups is 2. The van der Waals surface area contributed by atoms with Gasteiger partial charge in [-0.15, -0.1) is 0 Å². The molecule has 0 radical (unpaired) electrons. The molecule has 8 nitrogen and oxygen atoms in total. The second-order valence-electron chi connectivity index (χ2n) is 5.14. The number of hydrogen-bond donors (Lipinski definition) is 2. The maximum absolute atomic E-state index is 12.0. The summed E-state index contributed by atoms with van der Waals surface area (Å²) in [4.78, 5) is 23.0. The highest BCUT2D eigenvalue weighted by atomic mass is 16.4. The largest absolute Gasteiger partial charge is 0.477 e. The molecule has 1 aromatic carbocycles. The topological polar surface area (TPSA) is 102 Å². The lowest BCUT2D eigenvalue weighted by Crippen LogP contribution is -2.22. The molecule has 0 saturated carbocycles. The van der Waals surface area contributed by atoms with Gasteiger partial charge in [0.1, 0.15) is 12.2 Å². The van der Waals surface area contributed by atoms with E-state index in [1.165, 1.54) is 12.3 Å². The Morgan fingerprint density at radius 1 is 1.12 bits per heavy atom. The normalized spacial score (nSPS) is 10.5. The number of nitrogens with zero attached hydrogens (tertiary/aromatic N) is 4. The van der Waals surface area contributed by atoms with E-state index in [2.05, 4.69) is 15.5 Å². The van der Waals surface area contributed by atoms with Crippen LogP contribution in [0, 0.1) is 0 Å². The van der Waals surface area contributed by atoms with Crippen molar-refractivity contribution in [2.45, 2.75) is 13.1 Å². The van der Waals surface area contributed by atoms with Crippen LogP contribution in [0.3, 0.4) is 0 Å². The predicted octanol–water partition coefficient (Wildman–Crippen LogP) is 1.46. The highest BCUT2D eigenvalue weighted by Crippen LogP contribution is 2.08. The molecule has 0 aliphatic carbocycles. The molecule has 0 fully saturated rings. The number of nitrogens with one attached hydrogen (secondary N) is 1. The summed E-state index contributed by atoms with van der Waals surface area (Å²) >= 11 is 0.